The first kappa shape index (κ1) is 19.2. The van der Waals surface area contributed by atoms with E-state index in [0.717, 1.165) is 24.3 Å². The number of hydrogen-bond donors (Lipinski definition) is 0. The molecule has 32 heavy (non-hydrogen) atoms. The Morgan fingerprint density at radius 2 is 0.875 bits per heavy atom. The second-order valence-electron chi connectivity index (χ2n) is 8.86. The minimum absolute atomic E-state index is 0.126. The highest BCUT2D eigenvalue weighted by Gasteiger charge is 2.65. The second kappa shape index (κ2) is 7.00. The van der Waals surface area contributed by atoms with Gasteiger partial charge in [0.05, 0.1) is 14.2 Å². The molecule has 0 aliphatic heterocycles. The molecule has 2 nitrogen and oxygen atoms in total. The van der Waals surface area contributed by atoms with Gasteiger partial charge in [0, 0.05) is 10.8 Å². The SMILES string of the molecule is COc1ccc([C@]23CC[C@@]2(c2ccc(OC)cc2)c2ccccc2-c2ccccc23)cc1. The van der Waals surface area contributed by atoms with Crippen LogP contribution in [0.25, 0.3) is 11.1 Å². The average molecular weight is 419 g/mol. The molecule has 4 aromatic rings. The summed E-state index contributed by atoms with van der Waals surface area (Å²) >= 11 is 0. The first-order valence-corrected chi connectivity index (χ1v) is 11.2. The lowest BCUT2D eigenvalue weighted by Gasteiger charge is -2.64. The zero-order valence-corrected chi connectivity index (χ0v) is 18.5. The van der Waals surface area contributed by atoms with Gasteiger partial charge >= 0.3 is 0 Å². The van der Waals surface area contributed by atoms with Crippen LogP contribution in [0.15, 0.2) is 97.1 Å². The van der Waals surface area contributed by atoms with E-state index in [-0.39, 0.29) is 10.8 Å². The van der Waals surface area contributed by atoms with E-state index in [2.05, 4.69) is 97.1 Å². The number of methoxy groups -OCH3 is 2. The lowest BCUT2D eigenvalue weighted by molar-refractivity contribution is 0.148. The predicted octanol–water partition coefficient (Wildman–Crippen LogP) is 6.75. The Balaban J connectivity index is 1.70. The third-order valence-electron chi connectivity index (χ3n) is 7.83. The van der Waals surface area contributed by atoms with E-state index >= 15 is 0 Å². The molecule has 0 spiro atoms. The molecule has 158 valence electrons. The molecular formula is C30H26O2. The van der Waals surface area contributed by atoms with Crippen molar-refractivity contribution < 1.29 is 9.47 Å². The molecule has 4 aromatic carbocycles. The van der Waals surface area contributed by atoms with E-state index in [0.29, 0.717) is 0 Å². The van der Waals surface area contributed by atoms with Gasteiger partial charge in [-0.1, -0.05) is 72.8 Å². The van der Waals surface area contributed by atoms with Gasteiger partial charge in [0.2, 0.25) is 0 Å². The van der Waals surface area contributed by atoms with Crippen LogP contribution >= 0.6 is 0 Å². The van der Waals surface area contributed by atoms with Gasteiger partial charge < -0.3 is 9.47 Å². The lowest BCUT2D eigenvalue weighted by Crippen LogP contribution is -2.61. The molecule has 0 amide bonds. The molecule has 0 aromatic heterocycles. The molecule has 2 aliphatic carbocycles. The topological polar surface area (TPSA) is 18.5 Å². The monoisotopic (exact) mass is 418 g/mol. The third-order valence-corrected chi connectivity index (χ3v) is 7.83. The largest absolute Gasteiger partial charge is 0.497 e. The molecule has 1 saturated carbocycles. The summed E-state index contributed by atoms with van der Waals surface area (Å²) in [6, 6.07) is 35.4. The van der Waals surface area contributed by atoms with Crippen molar-refractivity contribution in [2.75, 3.05) is 14.2 Å². The number of hydrogen-bond acceptors (Lipinski definition) is 2. The van der Waals surface area contributed by atoms with Crippen molar-refractivity contribution in [1.29, 1.82) is 0 Å². The number of fused-ring (bicyclic) bond motifs is 6. The van der Waals surface area contributed by atoms with Crippen molar-refractivity contribution in [3.63, 3.8) is 0 Å². The van der Waals surface area contributed by atoms with Crippen LogP contribution in [0.3, 0.4) is 0 Å². The van der Waals surface area contributed by atoms with Gasteiger partial charge in [-0.25, -0.2) is 0 Å². The fraction of sp³-hybridized carbons (Fsp3) is 0.200. The molecule has 0 bridgehead atoms. The van der Waals surface area contributed by atoms with Crippen LogP contribution in [-0.2, 0) is 10.8 Å². The van der Waals surface area contributed by atoms with Crippen molar-refractivity contribution in [1.82, 2.24) is 0 Å². The first-order valence-electron chi connectivity index (χ1n) is 11.2. The zero-order chi connectivity index (χ0) is 21.8. The van der Waals surface area contributed by atoms with Gasteiger partial charge in [-0.15, -0.1) is 0 Å². The van der Waals surface area contributed by atoms with Crippen LogP contribution in [0.1, 0.15) is 35.1 Å². The molecule has 0 N–H and O–H groups in total. The van der Waals surface area contributed by atoms with E-state index in [1.807, 2.05) is 0 Å². The van der Waals surface area contributed by atoms with Crippen molar-refractivity contribution in [2.24, 2.45) is 0 Å². The van der Waals surface area contributed by atoms with E-state index < -0.39 is 0 Å². The molecule has 1 fully saturated rings. The molecule has 2 heteroatoms. The zero-order valence-electron chi connectivity index (χ0n) is 18.5. The van der Waals surface area contributed by atoms with Gasteiger partial charge in [-0.2, -0.15) is 0 Å². The summed E-state index contributed by atoms with van der Waals surface area (Å²) in [6.45, 7) is 0. The van der Waals surface area contributed by atoms with Crippen LogP contribution in [0, 0.1) is 0 Å². The van der Waals surface area contributed by atoms with Gasteiger partial charge in [-0.3, -0.25) is 0 Å². The van der Waals surface area contributed by atoms with E-state index in [9.17, 15) is 0 Å². The van der Waals surface area contributed by atoms with Crippen LogP contribution < -0.4 is 9.47 Å². The van der Waals surface area contributed by atoms with Crippen molar-refractivity contribution >= 4 is 0 Å². The molecule has 0 saturated heterocycles. The fourth-order valence-electron chi connectivity index (χ4n) is 6.38. The summed E-state index contributed by atoms with van der Waals surface area (Å²) in [4.78, 5) is 0. The predicted molar refractivity (Wildman–Crippen MR) is 129 cm³/mol. The minimum Gasteiger partial charge on any atom is -0.497 e. The normalized spacial score (nSPS) is 22.7. The second-order valence-corrected chi connectivity index (χ2v) is 8.86. The maximum atomic E-state index is 5.48. The summed E-state index contributed by atoms with van der Waals surface area (Å²) in [5.41, 5.74) is 7.99. The summed E-state index contributed by atoms with van der Waals surface area (Å²) in [7, 11) is 3.45. The number of ether oxygens (including phenoxy) is 2. The van der Waals surface area contributed by atoms with Crippen LogP contribution in [0.4, 0.5) is 0 Å². The van der Waals surface area contributed by atoms with E-state index in [4.69, 9.17) is 9.47 Å². The summed E-state index contributed by atoms with van der Waals surface area (Å²) in [5.74, 6) is 1.79. The highest BCUT2D eigenvalue weighted by atomic mass is 16.5. The van der Waals surface area contributed by atoms with Crippen molar-refractivity contribution in [2.45, 2.75) is 23.7 Å². The Morgan fingerprint density at radius 1 is 0.500 bits per heavy atom. The van der Waals surface area contributed by atoms with Crippen molar-refractivity contribution in [3.05, 3.63) is 119 Å². The quantitative estimate of drug-likeness (QED) is 0.365. The Hall–Kier alpha value is -3.52. The van der Waals surface area contributed by atoms with Gasteiger partial charge in [0.15, 0.2) is 0 Å². The highest BCUT2D eigenvalue weighted by Crippen LogP contribution is 2.70. The average Bonchev–Trinajstić information content (AvgIpc) is 2.85. The highest BCUT2D eigenvalue weighted by molar-refractivity contribution is 5.82. The smallest absolute Gasteiger partial charge is 0.118 e. The Kier molecular flexibility index (Phi) is 4.19. The molecule has 2 aliphatic rings. The third kappa shape index (κ3) is 2.30. The Morgan fingerprint density at radius 3 is 1.22 bits per heavy atom. The summed E-state index contributed by atoms with van der Waals surface area (Å²) in [6.07, 6.45) is 2.22. The number of rotatable bonds is 4. The lowest BCUT2D eigenvalue weighted by atomic mass is 9.38. The molecule has 0 unspecified atom stereocenters. The maximum Gasteiger partial charge on any atom is 0.118 e. The van der Waals surface area contributed by atoms with Crippen LogP contribution in [-0.4, -0.2) is 14.2 Å². The van der Waals surface area contributed by atoms with Gasteiger partial charge in [-0.05, 0) is 70.5 Å². The van der Waals surface area contributed by atoms with Crippen LogP contribution in [0.5, 0.6) is 11.5 Å². The van der Waals surface area contributed by atoms with E-state index in [1.165, 1.54) is 33.4 Å². The standard InChI is InChI=1S/C30H26O2/c1-31-23-15-11-21(12-16-23)29-19-20-30(29,22-13-17-24(32-2)18-14-22)28-10-6-4-8-26(28)25-7-3-5-9-27(25)29/h3-18H,19-20H2,1-2H3/t29-,30+. The molecule has 0 radical (unpaired) electrons. The summed E-state index contributed by atoms with van der Waals surface area (Å²) in [5, 5.41) is 0. The first-order chi connectivity index (χ1) is 15.7. The van der Waals surface area contributed by atoms with Crippen molar-refractivity contribution in [3.8, 4) is 22.6 Å². The molecular weight excluding hydrogens is 392 g/mol. The van der Waals surface area contributed by atoms with Crippen LogP contribution in [0.2, 0.25) is 0 Å². The van der Waals surface area contributed by atoms with Gasteiger partial charge in [0.25, 0.3) is 0 Å². The number of benzene rings is 4. The Labute approximate surface area is 189 Å². The summed E-state index contributed by atoms with van der Waals surface area (Å²) < 4.78 is 11.0. The maximum absolute atomic E-state index is 5.48. The minimum atomic E-state index is -0.126. The fourth-order valence-corrected chi connectivity index (χ4v) is 6.38. The molecule has 0 heterocycles. The Bertz CT molecular complexity index is 1190. The molecule has 2 atom stereocenters. The van der Waals surface area contributed by atoms with Gasteiger partial charge in [0.1, 0.15) is 11.5 Å². The van der Waals surface area contributed by atoms with E-state index in [1.54, 1.807) is 14.2 Å². The molecule has 6 rings (SSSR count).